The molecule has 0 aromatic rings. The molecule has 0 N–H and O–H groups in total. The summed E-state index contributed by atoms with van der Waals surface area (Å²) in [5, 5.41) is 19.9. The maximum atomic E-state index is 10.8. The van der Waals surface area contributed by atoms with Crippen LogP contribution in [0.4, 0.5) is 0 Å². The van der Waals surface area contributed by atoms with Crippen LogP contribution in [0.15, 0.2) is 0 Å². The lowest BCUT2D eigenvalue weighted by atomic mass is 9.50. The lowest BCUT2D eigenvalue weighted by Crippen LogP contribution is -2.47. The number of esters is 1. The molecule has 1 aliphatic rings. The van der Waals surface area contributed by atoms with Gasteiger partial charge in [0.15, 0.2) is 12.0 Å². The molecular weight excluding hydrogens is 300 g/mol. The quantitative estimate of drug-likeness (QED) is 0.536. The number of rotatable bonds is 6. The third-order valence-electron chi connectivity index (χ3n) is 5.53. The molecule has 0 aliphatic heterocycles. The molecule has 0 heterocycles. The maximum Gasteiger partial charge on any atom is 0.303 e. The van der Waals surface area contributed by atoms with Gasteiger partial charge in [0.05, 0.1) is 12.1 Å². The summed E-state index contributed by atoms with van der Waals surface area (Å²) in [7, 11) is 0. The molecule has 0 amide bonds. The van der Waals surface area contributed by atoms with Gasteiger partial charge in [-0.1, -0.05) is 51.4 Å². The Morgan fingerprint density at radius 1 is 1.25 bits per heavy atom. The van der Waals surface area contributed by atoms with Crippen molar-refractivity contribution >= 4 is 5.97 Å². The van der Waals surface area contributed by atoms with Crippen molar-refractivity contribution in [3.8, 4) is 24.0 Å². The number of nitriles is 2. The minimum absolute atomic E-state index is 0.0137. The molecular formula is C20H28N2O2. The topological polar surface area (TPSA) is 73.9 Å². The lowest BCUT2D eigenvalue weighted by Gasteiger charge is -2.50. The molecule has 1 fully saturated rings. The van der Waals surface area contributed by atoms with Crippen LogP contribution < -0.4 is 0 Å². The first kappa shape index (κ1) is 20.1. The van der Waals surface area contributed by atoms with Gasteiger partial charge in [-0.2, -0.15) is 10.5 Å². The summed E-state index contributed by atoms with van der Waals surface area (Å²) < 4.78 is 4.80. The molecule has 2 atom stereocenters. The second-order valence-corrected chi connectivity index (χ2v) is 6.68. The van der Waals surface area contributed by atoms with Crippen LogP contribution in [0.3, 0.4) is 0 Å². The normalized spacial score (nSPS) is 23.3. The van der Waals surface area contributed by atoms with E-state index in [2.05, 4.69) is 37.8 Å². The molecule has 0 aromatic heterocycles. The average Bonchev–Trinajstić information content (AvgIpc) is 2.59. The van der Waals surface area contributed by atoms with Crippen LogP contribution in [-0.2, 0) is 9.53 Å². The first-order valence-corrected chi connectivity index (χ1v) is 8.93. The Bertz CT molecular complexity index is 557. The van der Waals surface area contributed by atoms with Crippen molar-refractivity contribution in [3.63, 3.8) is 0 Å². The van der Waals surface area contributed by atoms with Gasteiger partial charge in [0, 0.05) is 18.8 Å². The molecule has 1 aliphatic carbocycles. The molecule has 1 rings (SSSR count). The molecule has 1 unspecified atom stereocenters. The maximum absolute atomic E-state index is 10.8. The minimum Gasteiger partial charge on any atom is -0.453 e. The van der Waals surface area contributed by atoms with Crippen molar-refractivity contribution in [1.82, 2.24) is 0 Å². The molecule has 4 nitrogen and oxygen atoms in total. The minimum atomic E-state index is -1.09. The lowest BCUT2D eigenvalue weighted by molar-refractivity contribution is -0.139. The fourth-order valence-electron chi connectivity index (χ4n) is 4.30. The first-order valence-electron chi connectivity index (χ1n) is 8.93. The zero-order chi connectivity index (χ0) is 18.1. The highest BCUT2D eigenvalue weighted by atomic mass is 16.5. The van der Waals surface area contributed by atoms with Gasteiger partial charge in [-0.3, -0.25) is 4.79 Å². The fourth-order valence-corrected chi connectivity index (χ4v) is 4.30. The summed E-state index contributed by atoms with van der Waals surface area (Å²) in [6, 6.07) is 4.69. The van der Waals surface area contributed by atoms with Crippen molar-refractivity contribution in [2.45, 2.75) is 72.1 Å². The molecule has 0 spiro atoms. The highest BCUT2D eigenvalue weighted by molar-refractivity contribution is 5.66. The summed E-state index contributed by atoms with van der Waals surface area (Å²) in [4.78, 5) is 10.8. The molecule has 0 aromatic carbocycles. The summed E-state index contributed by atoms with van der Waals surface area (Å²) in [5.74, 6) is 5.72. The van der Waals surface area contributed by atoms with Crippen LogP contribution >= 0.6 is 0 Å². The van der Waals surface area contributed by atoms with E-state index in [0.717, 1.165) is 38.5 Å². The fraction of sp³-hybridized carbons (Fsp3) is 0.750. The Balaban J connectivity index is 3.11. The van der Waals surface area contributed by atoms with E-state index >= 15 is 0 Å². The Kier molecular flexibility index (Phi) is 7.81. The molecule has 4 heteroatoms. The number of hydrogen-bond donors (Lipinski definition) is 0. The number of ether oxygens (including phenoxy) is 1. The Hall–Kier alpha value is -1.99. The number of carbonyl (C=O) groups is 1. The van der Waals surface area contributed by atoms with E-state index < -0.39 is 5.41 Å². The van der Waals surface area contributed by atoms with Gasteiger partial charge < -0.3 is 4.74 Å². The van der Waals surface area contributed by atoms with E-state index in [0.29, 0.717) is 5.92 Å². The van der Waals surface area contributed by atoms with Gasteiger partial charge in [0.1, 0.15) is 0 Å². The smallest absolute Gasteiger partial charge is 0.303 e. The Morgan fingerprint density at radius 3 is 2.50 bits per heavy atom. The summed E-state index contributed by atoms with van der Waals surface area (Å²) in [5.41, 5.74) is -1.38. The average molecular weight is 328 g/mol. The van der Waals surface area contributed by atoms with Gasteiger partial charge in [-0.05, 0) is 25.2 Å². The van der Waals surface area contributed by atoms with Crippen molar-refractivity contribution in [1.29, 1.82) is 10.5 Å². The zero-order valence-corrected chi connectivity index (χ0v) is 15.2. The highest BCUT2D eigenvalue weighted by Gasteiger charge is 2.55. The van der Waals surface area contributed by atoms with E-state index in [9.17, 15) is 15.3 Å². The second kappa shape index (κ2) is 9.34. The zero-order valence-electron chi connectivity index (χ0n) is 15.2. The van der Waals surface area contributed by atoms with Crippen LogP contribution in [-0.4, -0.2) is 12.6 Å². The molecule has 0 saturated heterocycles. The van der Waals surface area contributed by atoms with E-state index in [1.807, 2.05) is 0 Å². The van der Waals surface area contributed by atoms with Crippen LogP contribution in [0.2, 0.25) is 0 Å². The van der Waals surface area contributed by atoms with Crippen molar-refractivity contribution in [2.75, 3.05) is 6.61 Å². The van der Waals surface area contributed by atoms with Crippen LogP contribution in [0.25, 0.3) is 0 Å². The Morgan fingerprint density at radius 2 is 1.96 bits per heavy atom. The summed E-state index contributed by atoms with van der Waals surface area (Å²) in [6.07, 6.45) is 7.42. The van der Waals surface area contributed by atoms with Gasteiger partial charge in [0.25, 0.3) is 0 Å². The van der Waals surface area contributed by atoms with E-state index in [1.54, 1.807) is 0 Å². The third kappa shape index (κ3) is 4.10. The number of hydrogen-bond acceptors (Lipinski definition) is 4. The number of nitrogens with zero attached hydrogens (tertiary/aromatic N) is 2. The standard InChI is InChI=1S/C20H28N2O2/c1-4-10-18-11-6-7-13-20(18,5-2)19(15-21,16-22)12-8-9-14-24-17(3)23/h18H,4-7,10-14H2,1-3H3/t18-,20?/m1/s1. The van der Waals surface area contributed by atoms with Crippen molar-refractivity contribution in [3.05, 3.63) is 0 Å². The predicted octanol–water partition coefficient (Wildman–Crippen LogP) is 4.36. The van der Waals surface area contributed by atoms with E-state index in [1.165, 1.54) is 13.3 Å². The largest absolute Gasteiger partial charge is 0.453 e. The SMILES string of the molecule is CCC[C@@H]1CCCCC1(CC)C(C#N)(C#N)CC#CCOC(C)=O. The second-order valence-electron chi connectivity index (χ2n) is 6.68. The van der Waals surface area contributed by atoms with E-state index in [4.69, 9.17) is 4.74 Å². The number of carbonyl (C=O) groups excluding carboxylic acids is 1. The van der Waals surface area contributed by atoms with Gasteiger partial charge >= 0.3 is 5.97 Å². The molecule has 24 heavy (non-hydrogen) atoms. The van der Waals surface area contributed by atoms with Crippen LogP contribution in [0.1, 0.15) is 72.1 Å². The predicted molar refractivity (Wildman–Crippen MR) is 92.3 cm³/mol. The molecule has 1 saturated carbocycles. The van der Waals surface area contributed by atoms with Crippen LogP contribution in [0, 0.1) is 51.3 Å². The summed E-state index contributed by atoms with van der Waals surface area (Å²) >= 11 is 0. The molecule has 130 valence electrons. The van der Waals surface area contributed by atoms with Crippen molar-refractivity contribution < 1.29 is 9.53 Å². The first-order chi connectivity index (χ1) is 11.5. The van der Waals surface area contributed by atoms with Crippen LogP contribution in [0.5, 0.6) is 0 Å². The van der Waals surface area contributed by atoms with Gasteiger partial charge in [-0.25, -0.2) is 0 Å². The highest BCUT2D eigenvalue weighted by Crippen LogP contribution is 2.57. The monoisotopic (exact) mass is 328 g/mol. The third-order valence-corrected chi connectivity index (χ3v) is 5.53. The van der Waals surface area contributed by atoms with Crippen molar-refractivity contribution in [2.24, 2.45) is 16.7 Å². The van der Waals surface area contributed by atoms with Gasteiger partial charge in [0.2, 0.25) is 0 Å². The van der Waals surface area contributed by atoms with Gasteiger partial charge in [-0.15, -0.1) is 0 Å². The van der Waals surface area contributed by atoms with E-state index in [-0.39, 0.29) is 24.4 Å². The molecule has 0 bridgehead atoms. The Labute approximate surface area is 146 Å². The molecule has 0 radical (unpaired) electrons. The summed E-state index contributed by atoms with van der Waals surface area (Å²) in [6.45, 7) is 5.61.